The lowest BCUT2D eigenvalue weighted by atomic mass is 9.78. The summed E-state index contributed by atoms with van der Waals surface area (Å²) in [6, 6.07) is 2.32. The first-order valence-electron chi connectivity index (χ1n) is 6.30. The molecule has 1 aliphatic carbocycles. The van der Waals surface area contributed by atoms with Crippen molar-refractivity contribution >= 4 is 5.91 Å². The summed E-state index contributed by atoms with van der Waals surface area (Å²) in [5, 5.41) is 11.9. The van der Waals surface area contributed by atoms with Crippen molar-refractivity contribution in [2.24, 2.45) is 17.8 Å². The number of amides is 1. The molecule has 0 aromatic heterocycles. The van der Waals surface area contributed by atoms with Gasteiger partial charge in [0.1, 0.15) is 5.92 Å². The van der Waals surface area contributed by atoms with Crippen molar-refractivity contribution in [3.8, 4) is 6.07 Å². The summed E-state index contributed by atoms with van der Waals surface area (Å²) < 4.78 is 0. The Hall–Kier alpha value is -1.04. The largest absolute Gasteiger partial charge is 0.352 e. The zero-order chi connectivity index (χ0) is 12.1. The number of hydrogen-bond donors (Lipinski definition) is 1. The molecule has 0 aromatic carbocycles. The highest BCUT2D eigenvalue weighted by molar-refractivity contribution is 5.81. The van der Waals surface area contributed by atoms with Gasteiger partial charge < -0.3 is 5.32 Å². The van der Waals surface area contributed by atoms with Crippen molar-refractivity contribution in [2.75, 3.05) is 0 Å². The van der Waals surface area contributed by atoms with Crippen LogP contribution < -0.4 is 5.32 Å². The Balaban J connectivity index is 2.53. The maximum atomic E-state index is 11.8. The van der Waals surface area contributed by atoms with Crippen LogP contribution in [0.2, 0.25) is 0 Å². The van der Waals surface area contributed by atoms with E-state index in [0.29, 0.717) is 18.3 Å². The minimum Gasteiger partial charge on any atom is -0.352 e. The Morgan fingerprint density at radius 3 is 2.75 bits per heavy atom. The lowest BCUT2D eigenvalue weighted by molar-refractivity contribution is -0.124. The molecule has 90 valence electrons. The predicted octanol–water partition coefficient (Wildman–Crippen LogP) is 2.48. The highest BCUT2D eigenvalue weighted by Crippen LogP contribution is 2.29. The molecular formula is C13H22N2O. The smallest absolute Gasteiger partial charge is 0.237 e. The van der Waals surface area contributed by atoms with E-state index in [4.69, 9.17) is 5.26 Å². The van der Waals surface area contributed by atoms with E-state index in [-0.39, 0.29) is 11.9 Å². The Morgan fingerprint density at radius 1 is 1.50 bits per heavy atom. The summed E-state index contributed by atoms with van der Waals surface area (Å²) in [6.45, 7) is 6.31. The predicted molar refractivity (Wildman–Crippen MR) is 63.5 cm³/mol. The third-order valence-electron chi connectivity index (χ3n) is 3.92. The van der Waals surface area contributed by atoms with Crippen LogP contribution in [0.3, 0.4) is 0 Å². The molecule has 16 heavy (non-hydrogen) atoms. The van der Waals surface area contributed by atoms with E-state index in [2.05, 4.69) is 25.2 Å². The fourth-order valence-corrected chi connectivity index (χ4v) is 2.40. The van der Waals surface area contributed by atoms with Crippen molar-refractivity contribution in [1.29, 1.82) is 5.26 Å². The van der Waals surface area contributed by atoms with E-state index in [9.17, 15) is 4.79 Å². The van der Waals surface area contributed by atoms with Crippen molar-refractivity contribution < 1.29 is 4.79 Å². The Morgan fingerprint density at radius 2 is 2.19 bits per heavy atom. The van der Waals surface area contributed by atoms with Crippen LogP contribution in [0.4, 0.5) is 0 Å². The first kappa shape index (κ1) is 13.0. The molecule has 0 radical (unpaired) electrons. The molecule has 0 saturated heterocycles. The van der Waals surface area contributed by atoms with Gasteiger partial charge in [0.2, 0.25) is 5.91 Å². The molecule has 3 heteroatoms. The summed E-state index contributed by atoms with van der Waals surface area (Å²) in [4.78, 5) is 11.8. The first-order valence-corrected chi connectivity index (χ1v) is 6.30. The molecule has 4 unspecified atom stereocenters. The molecule has 3 nitrogen and oxygen atoms in total. The van der Waals surface area contributed by atoms with E-state index in [1.807, 2.05) is 6.92 Å². The minimum atomic E-state index is -0.482. The maximum absolute atomic E-state index is 11.8. The summed E-state index contributed by atoms with van der Waals surface area (Å²) >= 11 is 0. The number of rotatable bonds is 3. The zero-order valence-electron chi connectivity index (χ0n) is 10.5. The monoisotopic (exact) mass is 222 g/mol. The van der Waals surface area contributed by atoms with Gasteiger partial charge in [0.15, 0.2) is 0 Å². The van der Waals surface area contributed by atoms with Crippen LogP contribution in [0.5, 0.6) is 0 Å². The molecule has 0 spiro atoms. The number of nitrogens with zero attached hydrogens (tertiary/aromatic N) is 1. The van der Waals surface area contributed by atoms with Crippen LogP contribution in [0, 0.1) is 29.1 Å². The van der Waals surface area contributed by atoms with Gasteiger partial charge in [0, 0.05) is 6.04 Å². The minimum absolute atomic E-state index is 0.0871. The van der Waals surface area contributed by atoms with Crippen LogP contribution in [0.15, 0.2) is 0 Å². The highest BCUT2D eigenvalue weighted by Gasteiger charge is 2.29. The summed E-state index contributed by atoms with van der Waals surface area (Å²) in [7, 11) is 0. The number of nitriles is 1. The lowest BCUT2D eigenvalue weighted by Crippen LogP contribution is -2.45. The first-order chi connectivity index (χ1) is 7.60. The molecule has 1 fully saturated rings. The molecule has 1 aliphatic rings. The Bertz CT molecular complexity index is 282. The molecule has 1 saturated carbocycles. The Kier molecular flexibility index (Phi) is 4.79. The second-order valence-corrected chi connectivity index (χ2v) is 4.97. The number of carbonyl (C=O) groups excluding carboxylic acids is 1. The number of carbonyl (C=O) groups is 1. The Labute approximate surface area is 98.2 Å². The van der Waals surface area contributed by atoms with Gasteiger partial charge in [-0.05, 0) is 24.7 Å². The SMILES string of the molecule is CCC(C#N)C(=O)NC1CCCC(C)C1C. The van der Waals surface area contributed by atoms with Gasteiger partial charge in [-0.2, -0.15) is 5.26 Å². The summed E-state index contributed by atoms with van der Waals surface area (Å²) in [5.41, 5.74) is 0. The van der Waals surface area contributed by atoms with Gasteiger partial charge in [-0.15, -0.1) is 0 Å². The third kappa shape index (κ3) is 2.98. The van der Waals surface area contributed by atoms with E-state index in [1.165, 1.54) is 12.8 Å². The van der Waals surface area contributed by atoms with Crippen LogP contribution in [0.1, 0.15) is 46.5 Å². The van der Waals surface area contributed by atoms with Gasteiger partial charge in [-0.1, -0.05) is 33.6 Å². The van der Waals surface area contributed by atoms with Crippen LogP contribution in [-0.2, 0) is 4.79 Å². The van der Waals surface area contributed by atoms with E-state index in [0.717, 1.165) is 6.42 Å². The molecule has 0 heterocycles. The topological polar surface area (TPSA) is 52.9 Å². The quantitative estimate of drug-likeness (QED) is 0.797. The van der Waals surface area contributed by atoms with E-state index < -0.39 is 5.92 Å². The maximum Gasteiger partial charge on any atom is 0.237 e. The molecule has 0 bridgehead atoms. The molecule has 1 amide bonds. The fourth-order valence-electron chi connectivity index (χ4n) is 2.40. The number of hydrogen-bond acceptors (Lipinski definition) is 2. The highest BCUT2D eigenvalue weighted by atomic mass is 16.1. The molecule has 1 N–H and O–H groups in total. The van der Waals surface area contributed by atoms with Crippen molar-refractivity contribution in [2.45, 2.75) is 52.5 Å². The van der Waals surface area contributed by atoms with Gasteiger partial charge in [0.25, 0.3) is 0 Å². The molecule has 0 aromatic rings. The number of nitrogens with one attached hydrogen (secondary N) is 1. The van der Waals surface area contributed by atoms with Crippen molar-refractivity contribution in [3.05, 3.63) is 0 Å². The van der Waals surface area contributed by atoms with E-state index >= 15 is 0 Å². The van der Waals surface area contributed by atoms with E-state index in [1.54, 1.807) is 0 Å². The van der Waals surface area contributed by atoms with Crippen LogP contribution >= 0.6 is 0 Å². The van der Waals surface area contributed by atoms with Crippen molar-refractivity contribution in [1.82, 2.24) is 5.32 Å². The van der Waals surface area contributed by atoms with Crippen LogP contribution in [-0.4, -0.2) is 11.9 Å². The lowest BCUT2D eigenvalue weighted by Gasteiger charge is -2.34. The van der Waals surface area contributed by atoms with Gasteiger partial charge in [-0.25, -0.2) is 0 Å². The van der Waals surface area contributed by atoms with Crippen molar-refractivity contribution in [3.63, 3.8) is 0 Å². The van der Waals surface area contributed by atoms with Crippen LogP contribution in [0.25, 0.3) is 0 Å². The third-order valence-corrected chi connectivity index (χ3v) is 3.92. The standard InChI is InChI=1S/C13H22N2O/c1-4-11(8-14)13(16)15-12-7-5-6-9(2)10(12)3/h9-12H,4-7H2,1-3H3,(H,15,16). The second kappa shape index (κ2) is 5.89. The molecule has 0 aliphatic heterocycles. The zero-order valence-corrected chi connectivity index (χ0v) is 10.5. The van der Waals surface area contributed by atoms with Gasteiger partial charge in [-0.3, -0.25) is 4.79 Å². The second-order valence-electron chi connectivity index (χ2n) is 4.97. The van der Waals surface area contributed by atoms with Gasteiger partial charge >= 0.3 is 0 Å². The molecule has 4 atom stereocenters. The molecule has 1 rings (SSSR count). The average molecular weight is 222 g/mol. The average Bonchev–Trinajstić information content (AvgIpc) is 2.26. The summed E-state index contributed by atoms with van der Waals surface area (Å²) in [6.07, 6.45) is 4.08. The van der Waals surface area contributed by atoms with Gasteiger partial charge in [0.05, 0.1) is 6.07 Å². The molecular weight excluding hydrogens is 200 g/mol. The normalized spacial score (nSPS) is 31.5. The fraction of sp³-hybridized carbons (Fsp3) is 0.846. The summed E-state index contributed by atoms with van der Waals surface area (Å²) in [5.74, 6) is 0.621.